The number of nitrogens with zero attached hydrogens (tertiary/aromatic N) is 1. The monoisotopic (exact) mass is 277 g/mol. The Morgan fingerprint density at radius 2 is 2.33 bits per heavy atom. The van der Waals surface area contributed by atoms with Crippen molar-refractivity contribution in [2.75, 3.05) is 0 Å². The summed E-state index contributed by atoms with van der Waals surface area (Å²) in [4.78, 5) is 4.34. The van der Waals surface area contributed by atoms with E-state index in [0.29, 0.717) is 16.1 Å². The van der Waals surface area contributed by atoms with Crippen molar-refractivity contribution in [2.24, 2.45) is 10.9 Å². The number of aliphatic imine (C=N–C) groups is 1. The molecule has 12 heavy (non-hydrogen) atoms. The molecule has 0 aromatic carbocycles. The Hall–Kier alpha value is -0.0600. The second kappa shape index (κ2) is 3.36. The van der Waals surface area contributed by atoms with Crippen molar-refractivity contribution in [3.05, 3.63) is 11.8 Å². The second-order valence-electron chi connectivity index (χ2n) is 3.40. The lowest BCUT2D eigenvalue weighted by molar-refractivity contribution is 0.213. The minimum atomic E-state index is 0.383. The lowest BCUT2D eigenvalue weighted by Gasteiger charge is -2.17. The molecule has 1 saturated carbocycles. The molecule has 2 atom stereocenters. The molecular weight excluding hydrogens is 265 g/mol. The van der Waals surface area contributed by atoms with Crippen LogP contribution in [0.4, 0.5) is 0 Å². The summed E-state index contributed by atoms with van der Waals surface area (Å²) >= 11 is 2.34. The quantitative estimate of drug-likeness (QED) is 0.432. The lowest BCUT2D eigenvalue weighted by Crippen LogP contribution is -2.13. The topological polar surface area (TPSA) is 21.6 Å². The number of rotatable bonds is 2. The first-order valence-corrected chi connectivity index (χ1v) is 5.56. The van der Waals surface area contributed by atoms with Crippen LogP contribution >= 0.6 is 22.6 Å². The van der Waals surface area contributed by atoms with E-state index in [1.165, 1.54) is 12.8 Å². The van der Waals surface area contributed by atoms with Gasteiger partial charge in [-0.2, -0.15) is 0 Å². The zero-order valence-electron chi connectivity index (χ0n) is 7.03. The molecule has 0 aromatic heterocycles. The van der Waals surface area contributed by atoms with Gasteiger partial charge in [0.25, 0.3) is 0 Å². The van der Waals surface area contributed by atoms with Crippen molar-refractivity contribution in [1.29, 1.82) is 0 Å². The van der Waals surface area contributed by atoms with Gasteiger partial charge in [-0.25, -0.2) is 0 Å². The number of ether oxygens (including phenoxy) is 1. The summed E-state index contributed by atoms with van der Waals surface area (Å²) in [5, 5.41) is 0. The summed E-state index contributed by atoms with van der Waals surface area (Å²) in [6, 6.07) is 0. The van der Waals surface area contributed by atoms with Gasteiger partial charge in [-0.05, 0) is 18.9 Å². The van der Waals surface area contributed by atoms with E-state index in [4.69, 9.17) is 4.74 Å². The smallest absolute Gasteiger partial charge is 0.133 e. The van der Waals surface area contributed by atoms with E-state index in [1.54, 1.807) is 0 Å². The van der Waals surface area contributed by atoms with E-state index in [2.05, 4.69) is 40.6 Å². The van der Waals surface area contributed by atoms with Gasteiger partial charge in [0.15, 0.2) is 0 Å². The molecule has 0 aromatic rings. The van der Waals surface area contributed by atoms with Gasteiger partial charge in [0, 0.05) is 5.92 Å². The molecule has 1 aliphatic carbocycles. The van der Waals surface area contributed by atoms with E-state index >= 15 is 0 Å². The fourth-order valence-corrected chi connectivity index (χ4v) is 1.48. The molecule has 2 unspecified atom stereocenters. The van der Waals surface area contributed by atoms with E-state index in [1.807, 2.05) is 6.21 Å². The maximum absolute atomic E-state index is 5.63. The van der Waals surface area contributed by atoms with Crippen LogP contribution in [0, 0.1) is 5.92 Å². The SMILES string of the molecule is CC1C=C(OC2CC2)C=NC1I. The molecule has 2 rings (SSSR count). The second-order valence-corrected chi connectivity index (χ2v) is 4.67. The van der Waals surface area contributed by atoms with Crippen LogP contribution in [0.3, 0.4) is 0 Å². The molecular formula is C9H12INO. The summed E-state index contributed by atoms with van der Waals surface area (Å²) in [6.07, 6.45) is 6.94. The van der Waals surface area contributed by atoms with E-state index in [-0.39, 0.29) is 0 Å². The Balaban J connectivity index is 1.97. The summed E-state index contributed by atoms with van der Waals surface area (Å²) in [5.74, 6) is 1.47. The normalized spacial score (nSPS) is 34.7. The molecule has 2 nitrogen and oxygen atoms in total. The summed E-state index contributed by atoms with van der Waals surface area (Å²) < 4.78 is 6.01. The van der Waals surface area contributed by atoms with Gasteiger partial charge >= 0.3 is 0 Å². The van der Waals surface area contributed by atoms with Gasteiger partial charge in [-0.3, -0.25) is 4.99 Å². The highest BCUT2D eigenvalue weighted by atomic mass is 127. The van der Waals surface area contributed by atoms with E-state index in [0.717, 1.165) is 5.76 Å². The standard InChI is InChI=1S/C9H12INO/c1-6-4-8(5-11-9(6)10)12-7-2-3-7/h4-7,9H,2-3H2,1H3. The molecule has 3 heteroatoms. The lowest BCUT2D eigenvalue weighted by atomic mass is 10.1. The Labute approximate surface area is 86.2 Å². The van der Waals surface area contributed by atoms with Crippen LogP contribution in [0.25, 0.3) is 0 Å². The number of halogens is 1. The minimum Gasteiger partial charge on any atom is -0.489 e. The number of hydrogen-bond acceptors (Lipinski definition) is 2. The number of hydrogen-bond donors (Lipinski definition) is 0. The van der Waals surface area contributed by atoms with Crippen LogP contribution in [0.2, 0.25) is 0 Å². The predicted molar refractivity (Wildman–Crippen MR) is 57.7 cm³/mol. The van der Waals surface area contributed by atoms with Gasteiger partial charge in [0.2, 0.25) is 0 Å². The highest BCUT2D eigenvalue weighted by Gasteiger charge is 2.25. The van der Waals surface area contributed by atoms with Crippen LogP contribution in [-0.4, -0.2) is 16.4 Å². The summed E-state index contributed by atoms with van der Waals surface area (Å²) in [5.41, 5.74) is 0. The maximum Gasteiger partial charge on any atom is 0.133 e. The zero-order valence-corrected chi connectivity index (χ0v) is 9.19. The summed E-state index contributed by atoms with van der Waals surface area (Å²) in [6.45, 7) is 2.17. The predicted octanol–water partition coefficient (Wildman–Crippen LogP) is 2.53. The van der Waals surface area contributed by atoms with Crippen molar-refractivity contribution in [3.63, 3.8) is 0 Å². The average Bonchev–Trinajstić information content (AvgIpc) is 2.81. The van der Waals surface area contributed by atoms with Crippen LogP contribution in [0.1, 0.15) is 19.8 Å². The fourth-order valence-electron chi connectivity index (χ4n) is 1.11. The van der Waals surface area contributed by atoms with Gasteiger partial charge in [0.05, 0.1) is 12.3 Å². The Morgan fingerprint density at radius 1 is 1.58 bits per heavy atom. The van der Waals surface area contributed by atoms with Crippen molar-refractivity contribution in [2.45, 2.75) is 29.9 Å². The molecule has 66 valence electrons. The number of dihydropyridines is 1. The Bertz CT molecular complexity index is 233. The van der Waals surface area contributed by atoms with E-state index in [9.17, 15) is 0 Å². The average molecular weight is 277 g/mol. The van der Waals surface area contributed by atoms with Crippen LogP contribution in [0.15, 0.2) is 16.8 Å². The highest BCUT2D eigenvalue weighted by molar-refractivity contribution is 14.1. The van der Waals surface area contributed by atoms with Crippen molar-refractivity contribution >= 4 is 28.8 Å². The fraction of sp³-hybridized carbons (Fsp3) is 0.667. The Morgan fingerprint density at radius 3 is 2.92 bits per heavy atom. The van der Waals surface area contributed by atoms with Crippen molar-refractivity contribution in [3.8, 4) is 0 Å². The minimum absolute atomic E-state index is 0.383. The first-order valence-electron chi connectivity index (χ1n) is 4.31. The van der Waals surface area contributed by atoms with Crippen molar-refractivity contribution in [1.82, 2.24) is 0 Å². The molecule has 2 aliphatic rings. The molecule has 0 amide bonds. The molecule has 0 spiro atoms. The molecule has 1 heterocycles. The molecule has 0 N–H and O–H groups in total. The third kappa shape index (κ3) is 2.00. The van der Waals surface area contributed by atoms with Gasteiger partial charge in [0.1, 0.15) is 9.81 Å². The largest absolute Gasteiger partial charge is 0.489 e. The zero-order chi connectivity index (χ0) is 8.55. The van der Waals surface area contributed by atoms with Gasteiger partial charge in [-0.1, -0.05) is 29.5 Å². The van der Waals surface area contributed by atoms with Crippen LogP contribution < -0.4 is 0 Å². The molecule has 1 aliphatic heterocycles. The molecule has 0 bridgehead atoms. The first-order chi connectivity index (χ1) is 5.75. The van der Waals surface area contributed by atoms with Gasteiger partial charge in [-0.15, -0.1) is 0 Å². The third-order valence-electron chi connectivity index (χ3n) is 2.03. The summed E-state index contributed by atoms with van der Waals surface area (Å²) in [7, 11) is 0. The third-order valence-corrected chi connectivity index (χ3v) is 3.49. The van der Waals surface area contributed by atoms with Gasteiger partial charge < -0.3 is 4.74 Å². The molecule has 0 radical (unpaired) electrons. The number of alkyl halides is 1. The van der Waals surface area contributed by atoms with Crippen LogP contribution in [0.5, 0.6) is 0 Å². The Kier molecular flexibility index (Phi) is 2.39. The van der Waals surface area contributed by atoms with Crippen LogP contribution in [-0.2, 0) is 4.74 Å². The first kappa shape index (κ1) is 8.53. The van der Waals surface area contributed by atoms with E-state index < -0.39 is 0 Å². The highest BCUT2D eigenvalue weighted by Crippen LogP contribution is 2.28. The molecule has 0 saturated heterocycles. The number of allylic oxidation sites excluding steroid dienone is 1. The van der Waals surface area contributed by atoms with Crippen molar-refractivity contribution < 1.29 is 4.74 Å². The maximum atomic E-state index is 5.63. The molecule has 1 fully saturated rings.